The highest BCUT2D eigenvalue weighted by Gasteiger charge is 2.46. The zero-order chi connectivity index (χ0) is 18.1. The van der Waals surface area contributed by atoms with Gasteiger partial charge >= 0.3 is 0 Å². The topological polar surface area (TPSA) is 175 Å². The highest BCUT2D eigenvalue weighted by atomic mass is 16.6. The van der Waals surface area contributed by atoms with E-state index in [1.54, 1.807) is 0 Å². The number of hydrogen-bond acceptors (Lipinski definition) is 10. The van der Waals surface area contributed by atoms with Crippen molar-refractivity contribution in [3.8, 4) is 0 Å². The van der Waals surface area contributed by atoms with Gasteiger partial charge in [0, 0.05) is 0 Å². The van der Waals surface area contributed by atoms with Gasteiger partial charge in [0.15, 0.2) is 29.3 Å². The van der Waals surface area contributed by atoms with E-state index in [9.17, 15) is 30.3 Å². The Hall–Kier alpha value is -2.09. The predicted octanol–water partition coefficient (Wildman–Crippen LogP) is -3.39. The summed E-state index contributed by atoms with van der Waals surface area (Å²) in [7, 11) is 0. The molecule has 12 heteroatoms. The second kappa shape index (κ2) is 5.20. The largest absolute Gasteiger partial charge is 0.394 e. The first-order valence-electron chi connectivity index (χ1n) is 7.57. The van der Waals surface area contributed by atoms with Crippen LogP contribution in [-0.4, -0.2) is 75.8 Å². The van der Waals surface area contributed by atoms with Crippen LogP contribution in [0.1, 0.15) is 13.2 Å². The lowest BCUT2D eigenvalue weighted by Gasteiger charge is -2.21. The summed E-state index contributed by atoms with van der Waals surface area (Å²) in [5.41, 5.74) is -2.68. The highest BCUT2D eigenvalue weighted by molar-refractivity contribution is 5.72. The summed E-state index contributed by atoms with van der Waals surface area (Å²) in [4.78, 5) is 20.7. The van der Waals surface area contributed by atoms with Gasteiger partial charge in [-0.3, -0.25) is 9.36 Å². The molecule has 136 valence electrons. The number of ether oxygens (including phenoxy) is 1. The molecule has 6 atom stereocenters. The van der Waals surface area contributed by atoms with Gasteiger partial charge in [-0.1, -0.05) is 0 Å². The maximum absolute atomic E-state index is 12.6. The van der Waals surface area contributed by atoms with Crippen molar-refractivity contribution in [1.29, 1.82) is 0 Å². The molecule has 0 radical (unpaired) electrons. The summed E-state index contributed by atoms with van der Waals surface area (Å²) in [6.07, 6.45) is -5.02. The number of anilines is 1. The third-order valence-electron chi connectivity index (χ3n) is 4.62. The number of aromatic nitrogens is 4. The molecule has 2 aliphatic heterocycles. The van der Waals surface area contributed by atoms with Gasteiger partial charge in [-0.25, -0.2) is 9.55 Å². The molecule has 0 bridgehead atoms. The molecule has 1 saturated heterocycles. The molecule has 0 amide bonds. The van der Waals surface area contributed by atoms with E-state index in [1.165, 1.54) is 17.8 Å². The highest BCUT2D eigenvalue weighted by Crippen LogP contribution is 2.33. The molecule has 2 unspecified atom stereocenters. The van der Waals surface area contributed by atoms with E-state index in [-0.39, 0.29) is 17.1 Å². The van der Waals surface area contributed by atoms with Crippen molar-refractivity contribution in [2.75, 3.05) is 11.9 Å². The molecule has 1 fully saturated rings. The lowest BCUT2D eigenvalue weighted by atomic mass is 10.1. The van der Waals surface area contributed by atoms with Crippen LogP contribution in [0.4, 0.5) is 5.95 Å². The van der Waals surface area contributed by atoms with Crippen molar-refractivity contribution in [3.63, 3.8) is 0 Å². The van der Waals surface area contributed by atoms with Crippen molar-refractivity contribution in [1.82, 2.24) is 19.1 Å². The Morgan fingerprint density at radius 3 is 2.72 bits per heavy atom. The van der Waals surface area contributed by atoms with Gasteiger partial charge < -0.3 is 35.6 Å². The van der Waals surface area contributed by atoms with E-state index < -0.39 is 48.7 Å². The van der Waals surface area contributed by atoms with Crippen molar-refractivity contribution >= 4 is 17.1 Å². The van der Waals surface area contributed by atoms with Crippen LogP contribution in [-0.2, 0) is 10.5 Å². The lowest BCUT2D eigenvalue weighted by molar-refractivity contribution is -0.0946. The first-order chi connectivity index (χ1) is 11.8. The fourth-order valence-electron chi connectivity index (χ4n) is 3.16. The molecule has 6 N–H and O–H groups in total. The first-order valence-corrected chi connectivity index (χ1v) is 7.57. The van der Waals surface area contributed by atoms with Crippen molar-refractivity contribution in [2.45, 2.75) is 43.4 Å². The van der Waals surface area contributed by atoms with Gasteiger partial charge in [-0.2, -0.15) is 4.98 Å². The van der Waals surface area contributed by atoms with Crippen LogP contribution in [0.2, 0.25) is 0 Å². The standard InChI is InChI=1S/C13H17N5O7/c1-13(24)11(23)16-12-15-8-5(9(22)18(12)13)14-3-17(8)10-7(21)6(20)4(2-19)25-10/h3-4,6-7,10-11,19-21,23-24H,2H2,1H3,(H,15,16)/t4-,6-,7-,10-,11?,13?/m1/s1. The Kier molecular flexibility index (Phi) is 3.41. The molecule has 0 saturated carbocycles. The number of imidazole rings is 1. The number of hydrogen-bond donors (Lipinski definition) is 6. The van der Waals surface area contributed by atoms with E-state index in [4.69, 9.17) is 4.74 Å². The number of aliphatic hydroxyl groups excluding tert-OH is 4. The van der Waals surface area contributed by atoms with Gasteiger partial charge in [0.25, 0.3) is 5.56 Å². The molecular weight excluding hydrogens is 338 g/mol. The molecular formula is C13H17N5O7. The Balaban J connectivity index is 1.86. The summed E-state index contributed by atoms with van der Waals surface area (Å²) >= 11 is 0. The number of nitrogens with zero attached hydrogens (tertiary/aromatic N) is 4. The van der Waals surface area contributed by atoms with Crippen LogP contribution in [0, 0.1) is 0 Å². The van der Waals surface area contributed by atoms with E-state index in [0.717, 1.165) is 4.57 Å². The van der Waals surface area contributed by atoms with Crippen LogP contribution >= 0.6 is 0 Å². The normalized spacial score (nSPS) is 37.4. The van der Waals surface area contributed by atoms with Crippen molar-refractivity contribution in [2.24, 2.45) is 0 Å². The van der Waals surface area contributed by atoms with Gasteiger partial charge in [-0.05, 0) is 6.92 Å². The maximum Gasteiger partial charge on any atom is 0.285 e. The zero-order valence-corrected chi connectivity index (χ0v) is 13.0. The van der Waals surface area contributed by atoms with Crippen molar-refractivity contribution < 1.29 is 30.3 Å². The number of aliphatic hydroxyl groups is 5. The summed E-state index contributed by atoms with van der Waals surface area (Å²) < 4.78 is 7.55. The van der Waals surface area contributed by atoms with E-state index in [2.05, 4.69) is 15.3 Å². The summed E-state index contributed by atoms with van der Waals surface area (Å²) in [6, 6.07) is 0. The minimum absolute atomic E-state index is 0.0310. The monoisotopic (exact) mass is 355 g/mol. The third-order valence-corrected chi connectivity index (χ3v) is 4.62. The summed E-state index contributed by atoms with van der Waals surface area (Å²) in [6.45, 7) is 0.753. The fraction of sp³-hybridized carbons (Fsp3) is 0.615. The number of rotatable bonds is 2. The summed E-state index contributed by atoms with van der Waals surface area (Å²) in [5, 5.41) is 51.8. The molecule has 2 aromatic rings. The lowest BCUT2D eigenvalue weighted by Crippen LogP contribution is -2.43. The van der Waals surface area contributed by atoms with E-state index in [1.807, 2.05) is 0 Å². The Bertz CT molecular complexity index is 893. The molecule has 2 aromatic heterocycles. The molecule has 0 aromatic carbocycles. The Labute approximate surface area is 139 Å². The molecule has 4 rings (SSSR count). The fourth-order valence-corrected chi connectivity index (χ4v) is 3.16. The molecule has 0 aliphatic carbocycles. The molecule has 2 aliphatic rings. The number of fused-ring (bicyclic) bond motifs is 2. The number of nitrogens with one attached hydrogen (secondary N) is 1. The quantitative estimate of drug-likeness (QED) is 0.319. The van der Waals surface area contributed by atoms with Gasteiger partial charge in [0.05, 0.1) is 12.9 Å². The van der Waals surface area contributed by atoms with Crippen molar-refractivity contribution in [3.05, 3.63) is 16.7 Å². The van der Waals surface area contributed by atoms with E-state index >= 15 is 0 Å². The van der Waals surface area contributed by atoms with Crippen LogP contribution < -0.4 is 10.9 Å². The van der Waals surface area contributed by atoms with Crippen LogP contribution in [0.3, 0.4) is 0 Å². The third kappa shape index (κ3) is 2.06. The van der Waals surface area contributed by atoms with Crippen LogP contribution in [0.5, 0.6) is 0 Å². The SMILES string of the molecule is CC1(O)C(O)Nc2nc3c(ncn3[C@@H]3O[C@H](CO)[C@@H](O)[C@H]3O)c(=O)n21. The van der Waals surface area contributed by atoms with Crippen LogP contribution in [0.15, 0.2) is 11.1 Å². The molecule has 0 spiro atoms. The minimum atomic E-state index is -1.90. The van der Waals surface area contributed by atoms with E-state index in [0.29, 0.717) is 0 Å². The second-order valence-electron chi connectivity index (χ2n) is 6.27. The Morgan fingerprint density at radius 1 is 1.36 bits per heavy atom. The smallest absolute Gasteiger partial charge is 0.285 e. The summed E-state index contributed by atoms with van der Waals surface area (Å²) in [5.74, 6) is -0.0801. The minimum Gasteiger partial charge on any atom is -0.394 e. The average Bonchev–Trinajstić information content (AvgIpc) is 3.16. The molecule has 4 heterocycles. The zero-order valence-electron chi connectivity index (χ0n) is 13.0. The van der Waals surface area contributed by atoms with Gasteiger partial charge in [-0.15, -0.1) is 0 Å². The predicted molar refractivity (Wildman–Crippen MR) is 80.3 cm³/mol. The molecule has 12 nitrogen and oxygen atoms in total. The Morgan fingerprint density at radius 2 is 2.08 bits per heavy atom. The van der Waals surface area contributed by atoms with Gasteiger partial charge in [0.1, 0.15) is 18.3 Å². The average molecular weight is 355 g/mol. The molecule has 25 heavy (non-hydrogen) atoms. The first kappa shape index (κ1) is 16.4. The van der Waals surface area contributed by atoms with Gasteiger partial charge in [0.2, 0.25) is 5.95 Å². The van der Waals surface area contributed by atoms with Crippen LogP contribution in [0.25, 0.3) is 11.2 Å². The maximum atomic E-state index is 12.6. The second-order valence-corrected chi connectivity index (χ2v) is 6.27.